The van der Waals surface area contributed by atoms with Crippen LogP contribution in [0.25, 0.3) is 0 Å². The minimum atomic E-state index is 0.201. The van der Waals surface area contributed by atoms with Crippen molar-refractivity contribution in [1.82, 2.24) is 0 Å². The molecule has 0 aromatic rings. The highest BCUT2D eigenvalue weighted by molar-refractivity contribution is 4.89. The largest absolute Gasteiger partial charge is 0.384 e. The zero-order chi connectivity index (χ0) is 11.4. The van der Waals surface area contributed by atoms with Gasteiger partial charge in [-0.2, -0.15) is 0 Å². The monoisotopic (exact) mass is 230 g/mol. The van der Waals surface area contributed by atoms with Gasteiger partial charge in [0.15, 0.2) is 0 Å². The fraction of sp³-hybridized carbons (Fsp3) is 1.00. The summed E-state index contributed by atoms with van der Waals surface area (Å²) in [6, 6.07) is 0. The quantitative estimate of drug-likeness (QED) is 0.708. The first-order valence-electron chi connectivity index (χ1n) is 6.08. The molecule has 0 spiro atoms. The van der Waals surface area contributed by atoms with Crippen LogP contribution in [0, 0.1) is 11.8 Å². The molecule has 0 aromatic heterocycles. The van der Waals surface area contributed by atoms with Crippen molar-refractivity contribution in [1.29, 1.82) is 0 Å². The molecule has 2 fully saturated rings. The van der Waals surface area contributed by atoms with Crippen molar-refractivity contribution in [2.24, 2.45) is 11.8 Å². The molecule has 0 amide bonds. The molecule has 0 bridgehead atoms. The van der Waals surface area contributed by atoms with E-state index in [-0.39, 0.29) is 6.10 Å². The van der Waals surface area contributed by atoms with Crippen molar-refractivity contribution in [3.8, 4) is 0 Å². The topological polar surface area (TPSA) is 36.9 Å². The minimum Gasteiger partial charge on any atom is -0.384 e. The van der Waals surface area contributed by atoms with Crippen LogP contribution in [0.15, 0.2) is 0 Å². The minimum absolute atomic E-state index is 0.201. The van der Waals surface area contributed by atoms with Crippen molar-refractivity contribution >= 4 is 0 Å². The van der Waals surface area contributed by atoms with Gasteiger partial charge >= 0.3 is 0 Å². The maximum Gasteiger partial charge on any atom is 0.0862 e. The molecule has 0 radical (unpaired) electrons. The second-order valence-electron chi connectivity index (χ2n) is 4.66. The van der Waals surface area contributed by atoms with E-state index in [9.17, 15) is 0 Å². The predicted molar refractivity (Wildman–Crippen MR) is 59.4 cm³/mol. The Kier molecular flexibility index (Phi) is 4.58. The molecule has 2 heterocycles. The van der Waals surface area contributed by atoms with Crippen LogP contribution in [0.5, 0.6) is 0 Å². The van der Waals surface area contributed by atoms with Crippen LogP contribution in [0.3, 0.4) is 0 Å². The third kappa shape index (κ3) is 2.56. The van der Waals surface area contributed by atoms with Gasteiger partial charge in [-0.3, -0.25) is 0 Å². The highest BCUT2D eigenvalue weighted by atomic mass is 16.5. The summed E-state index contributed by atoms with van der Waals surface area (Å²) < 4.78 is 22.0. The van der Waals surface area contributed by atoms with Gasteiger partial charge in [0, 0.05) is 39.3 Å². The average molecular weight is 230 g/mol. The van der Waals surface area contributed by atoms with Crippen molar-refractivity contribution in [3.05, 3.63) is 0 Å². The Morgan fingerprint density at radius 3 is 2.50 bits per heavy atom. The standard InChI is InChI=1S/C12H22O4/c1-13-7-9-3-5-16-12(9)10-4-6-15-11(10)8-14-2/h9-12H,3-8H2,1-2H3/t9-,10-,11+,12+/m1/s1. The smallest absolute Gasteiger partial charge is 0.0862 e. The Balaban J connectivity index is 1.93. The second kappa shape index (κ2) is 5.96. The molecule has 0 aliphatic carbocycles. The molecule has 4 heteroatoms. The summed E-state index contributed by atoms with van der Waals surface area (Å²) >= 11 is 0. The molecule has 4 atom stereocenters. The molecule has 2 saturated heterocycles. The first-order chi connectivity index (χ1) is 7.86. The van der Waals surface area contributed by atoms with Crippen LogP contribution in [-0.2, 0) is 18.9 Å². The molecule has 0 aromatic carbocycles. The summed E-state index contributed by atoms with van der Waals surface area (Å²) in [6.45, 7) is 3.15. The van der Waals surface area contributed by atoms with E-state index < -0.39 is 0 Å². The molecular weight excluding hydrogens is 208 g/mol. The summed E-state index contributed by atoms with van der Waals surface area (Å²) in [5, 5.41) is 0. The second-order valence-corrected chi connectivity index (χ2v) is 4.66. The van der Waals surface area contributed by atoms with Crippen LogP contribution in [0.2, 0.25) is 0 Å². The number of hydrogen-bond acceptors (Lipinski definition) is 4. The van der Waals surface area contributed by atoms with E-state index in [1.54, 1.807) is 14.2 Å². The average Bonchev–Trinajstić information content (AvgIpc) is 2.87. The summed E-state index contributed by atoms with van der Waals surface area (Å²) in [4.78, 5) is 0. The lowest BCUT2D eigenvalue weighted by atomic mass is 9.87. The summed E-state index contributed by atoms with van der Waals surface area (Å²) in [7, 11) is 3.48. The first-order valence-corrected chi connectivity index (χ1v) is 6.08. The zero-order valence-electron chi connectivity index (χ0n) is 10.2. The summed E-state index contributed by atoms with van der Waals surface area (Å²) in [5.41, 5.74) is 0. The highest BCUT2D eigenvalue weighted by Crippen LogP contribution is 2.35. The lowest BCUT2D eigenvalue weighted by molar-refractivity contribution is -0.0375. The third-order valence-corrected chi connectivity index (χ3v) is 3.66. The van der Waals surface area contributed by atoms with Crippen molar-refractivity contribution in [2.75, 3.05) is 40.6 Å². The SMILES string of the molecule is COC[C@H]1CCO[C@@H]1[C@@H]1CCO[C@H]1COC. The van der Waals surface area contributed by atoms with E-state index in [4.69, 9.17) is 18.9 Å². The normalized spacial score (nSPS) is 39.4. The van der Waals surface area contributed by atoms with Gasteiger partial charge in [0.2, 0.25) is 0 Å². The Bertz CT molecular complexity index is 187. The van der Waals surface area contributed by atoms with E-state index >= 15 is 0 Å². The number of methoxy groups -OCH3 is 2. The molecule has 2 rings (SSSR count). The van der Waals surface area contributed by atoms with Gasteiger partial charge in [-0.05, 0) is 12.8 Å². The lowest BCUT2D eigenvalue weighted by Crippen LogP contribution is -2.36. The van der Waals surface area contributed by atoms with Crippen LogP contribution in [-0.4, -0.2) is 52.9 Å². The number of ether oxygens (including phenoxy) is 4. The van der Waals surface area contributed by atoms with Gasteiger partial charge < -0.3 is 18.9 Å². The third-order valence-electron chi connectivity index (χ3n) is 3.66. The van der Waals surface area contributed by atoms with Crippen molar-refractivity contribution < 1.29 is 18.9 Å². The van der Waals surface area contributed by atoms with Crippen LogP contribution < -0.4 is 0 Å². The Morgan fingerprint density at radius 2 is 1.75 bits per heavy atom. The molecule has 4 nitrogen and oxygen atoms in total. The van der Waals surface area contributed by atoms with Gasteiger partial charge in [0.05, 0.1) is 25.4 Å². The fourth-order valence-electron chi connectivity index (χ4n) is 2.90. The van der Waals surface area contributed by atoms with E-state index in [0.29, 0.717) is 24.5 Å². The van der Waals surface area contributed by atoms with Crippen LogP contribution in [0.4, 0.5) is 0 Å². The van der Waals surface area contributed by atoms with Gasteiger partial charge in [-0.1, -0.05) is 0 Å². The molecule has 0 saturated carbocycles. The Morgan fingerprint density at radius 1 is 1.00 bits per heavy atom. The van der Waals surface area contributed by atoms with Crippen LogP contribution >= 0.6 is 0 Å². The maximum absolute atomic E-state index is 5.86. The van der Waals surface area contributed by atoms with Gasteiger partial charge in [-0.25, -0.2) is 0 Å². The van der Waals surface area contributed by atoms with E-state index in [1.807, 2.05) is 0 Å². The molecule has 0 unspecified atom stereocenters. The molecule has 2 aliphatic heterocycles. The van der Waals surface area contributed by atoms with E-state index in [1.165, 1.54) is 0 Å². The predicted octanol–water partition coefficient (Wildman–Crippen LogP) is 1.09. The van der Waals surface area contributed by atoms with Gasteiger partial charge in [-0.15, -0.1) is 0 Å². The van der Waals surface area contributed by atoms with E-state index in [0.717, 1.165) is 32.7 Å². The molecule has 16 heavy (non-hydrogen) atoms. The Hall–Kier alpha value is -0.160. The highest BCUT2D eigenvalue weighted by Gasteiger charge is 2.41. The zero-order valence-corrected chi connectivity index (χ0v) is 10.2. The van der Waals surface area contributed by atoms with E-state index in [2.05, 4.69) is 0 Å². The molecule has 2 aliphatic rings. The van der Waals surface area contributed by atoms with Gasteiger partial charge in [0.25, 0.3) is 0 Å². The van der Waals surface area contributed by atoms with Crippen molar-refractivity contribution in [3.63, 3.8) is 0 Å². The molecular formula is C12H22O4. The molecule has 0 N–H and O–H groups in total. The first kappa shape index (κ1) is 12.3. The maximum atomic E-state index is 5.86. The summed E-state index contributed by atoms with van der Waals surface area (Å²) in [6.07, 6.45) is 2.68. The van der Waals surface area contributed by atoms with Gasteiger partial charge in [0.1, 0.15) is 0 Å². The molecule has 94 valence electrons. The fourth-order valence-corrected chi connectivity index (χ4v) is 2.90. The number of rotatable bonds is 5. The summed E-state index contributed by atoms with van der Waals surface area (Å²) in [5.74, 6) is 0.999. The lowest BCUT2D eigenvalue weighted by Gasteiger charge is -2.27. The Labute approximate surface area is 97.2 Å². The van der Waals surface area contributed by atoms with Crippen molar-refractivity contribution in [2.45, 2.75) is 25.0 Å². The van der Waals surface area contributed by atoms with Crippen LogP contribution in [0.1, 0.15) is 12.8 Å². The number of hydrogen-bond donors (Lipinski definition) is 0.